The molecule has 2 unspecified atom stereocenters. The molecule has 0 amide bonds. The van der Waals surface area contributed by atoms with Gasteiger partial charge in [-0.25, -0.2) is 0 Å². The quantitative estimate of drug-likeness (QED) is 0.482. The van der Waals surface area contributed by atoms with E-state index < -0.39 is 0 Å². The molecule has 2 aromatic heterocycles. The number of rotatable bonds is 2. The van der Waals surface area contributed by atoms with Crippen molar-refractivity contribution >= 4 is 0 Å². The van der Waals surface area contributed by atoms with Gasteiger partial charge in [0.05, 0.1) is 5.69 Å². The summed E-state index contributed by atoms with van der Waals surface area (Å²) in [5.41, 5.74) is 2.58. The molecule has 0 bridgehead atoms. The molecule has 0 saturated heterocycles. The molecule has 0 spiro atoms. The number of hydrogen-bond donors (Lipinski definition) is 0. The monoisotopic (exact) mass is 368 g/mol. The highest BCUT2D eigenvalue weighted by Gasteiger charge is 2.34. The summed E-state index contributed by atoms with van der Waals surface area (Å²) in [6.45, 7) is 0. The second kappa shape index (κ2) is 11.3. The van der Waals surface area contributed by atoms with Crippen LogP contribution in [-0.2, 0) is 0 Å². The highest BCUT2D eigenvalue weighted by molar-refractivity contribution is 5.27. The Balaban J connectivity index is 0.000000153. The van der Waals surface area contributed by atoms with Crippen LogP contribution < -0.4 is 0 Å². The van der Waals surface area contributed by atoms with Crippen molar-refractivity contribution in [3.05, 3.63) is 121 Å². The zero-order valence-electron chi connectivity index (χ0n) is 15.8. The van der Waals surface area contributed by atoms with E-state index in [1.165, 1.54) is 18.4 Å². The first kappa shape index (κ1) is 19.4. The number of aromatic nitrogens is 4. The van der Waals surface area contributed by atoms with Crippen LogP contribution in [0.4, 0.5) is 0 Å². The topological polar surface area (TPSA) is 51.6 Å². The van der Waals surface area contributed by atoms with Crippen LogP contribution in [0.25, 0.3) is 0 Å². The van der Waals surface area contributed by atoms with Crippen molar-refractivity contribution < 1.29 is 0 Å². The molecule has 2 aromatic carbocycles. The molecular formula is C24H24N4. The predicted octanol–water partition coefficient (Wildman–Crippen LogP) is 5.30. The van der Waals surface area contributed by atoms with E-state index in [2.05, 4.69) is 50.3 Å². The average Bonchev–Trinajstić information content (AvgIpc) is 2.78. The molecule has 2 atom stereocenters. The van der Waals surface area contributed by atoms with Gasteiger partial charge in [0.1, 0.15) is 0 Å². The smallest absolute Gasteiger partial charge is 0.0623 e. The number of benzene rings is 2. The highest BCUT2D eigenvalue weighted by atomic mass is 14.8. The summed E-state index contributed by atoms with van der Waals surface area (Å²) in [4.78, 5) is 16.0. The van der Waals surface area contributed by atoms with Crippen molar-refractivity contribution in [3.63, 3.8) is 0 Å². The van der Waals surface area contributed by atoms with E-state index in [-0.39, 0.29) is 0 Å². The van der Waals surface area contributed by atoms with E-state index in [4.69, 9.17) is 0 Å². The van der Waals surface area contributed by atoms with Crippen molar-refractivity contribution in [1.29, 1.82) is 0 Å². The van der Waals surface area contributed by atoms with Crippen LogP contribution in [0.5, 0.6) is 0 Å². The number of nitrogens with zero attached hydrogens (tertiary/aromatic N) is 4. The van der Waals surface area contributed by atoms with E-state index in [1.807, 2.05) is 42.6 Å². The number of hydrogen-bond acceptors (Lipinski definition) is 4. The molecular weight excluding hydrogens is 344 g/mol. The Labute approximate surface area is 166 Å². The normalized spacial score (nSPS) is 17.0. The van der Waals surface area contributed by atoms with Crippen LogP contribution in [0.15, 0.2) is 110 Å². The first-order valence-corrected chi connectivity index (χ1v) is 9.46. The van der Waals surface area contributed by atoms with Gasteiger partial charge in [-0.05, 0) is 24.3 Å². The molecule has 2 heterocycles. The van der Waals surface area contributed by atoms with Gasteiger partial charge in [0.2, 0.25) is 0 Å². The van der Waals surface area contributed by atoms with Gasteiger partial charge < -0.3 is 0 Å². The van der Waals surface area contributed by atoms with Crippen molar-refractivity contribution in [3.8, 4) is 0 Å². The minimum atomic E-state index is 0.566. The lowest BCUT2D eigenvalue weighted by Crippen LogP contribution is -2.22. The van der Waals surface area contributed by atoms with Crippen LogP contribution in [0.2, 0.25) is 0 Å². The lowest BCUT2D eigenvalue weighted by molar-refractivity contribution is 0.339. The van der Waals surface area contributed by atoms with E-state index in [9.17, 15) is 0 Å². The molecule has 5 rings (SSSR count). The molecule has 140 valence electrons. The fourth-order valence-electron chi connectivity index (χ4n) is 3.09. The van der Waals surface area contributed by atoms with Gasteiger partial charge in [0.25, 0.3) is 0 Å². The zero-order valence-corrected chi connectivity index (χ0v) is 15.8. The first-order chi connectivity index (χ1) is 13.9. The summed E-state index contributed by atoms with van der Waals surface area (Å²) >= 11 is 0. The van der Waals surface area contributed by atoms with Crippen molar-refractivity contribution in [2.24, 2.45) is 0 Å². The third-order valence-corrected chi connectivity index (χ3v) is 4.61. The maximum Gasteiger partial charge on any atom is 0.0623 e. The Bertz CT molecular complexity index is 741. The van der Waals surface area contributed by atoms with E-state index in [1.54, 1.807) is 37.2 Å². The summed E-state index contributed by atoms with van der Waals surface area (Å²) in [6.07, 6.45) is 14.5. The average molecular weight is 368 g/mol. The summed E-state index contributed by atoms with van der Waals surface area (Å²) in [5.74, 6) is 1.20. The molecule has 28 heavy (non-hydrogen) atoms. The molecule has 0 radical (unpaired) electrons. The van der Waals surface area contributed by atoms with Gasteiger partial charge >= 0.3 is 0 Å². The molecule has 4 aromatic rings. The van der Waals surface area contributed by atoms with Crippen LogP contribution in [-0.4, -0.2) is 19.9 Å². The van der Waals surface area contributed by atoms with Gasteiger partial charge in [-0.1, -0.05) is 66.7 Å². The minimum Gasteiger partial charge on any atom is -0.262 e. The van der Waals surface area contributed by atoms with E-state index in [0.29, 0.717) is 11.8 Å². The first-order valence-electron chi connectivity index (χ1n) is 9.46. The lowest BCUT2D eigenvalue weighted by atomic mass is 9.68. The van der Waals surface area contributed by atoms with E-state index >= 15 is 0 Å². The van der Waals surface area contributed by atoms with E-state index in [0.717, 1.165) is 5.69 Å². The molecule has 1 fully saturated rings. The van der Waals surface area contributed by atoms with Gasteiger partial charge in [0.15, 0.2) is 0 Å². The zero-order chi connectivity index (χ0) is 19.3. The third kappa shape index (κ3) is 6.09. The lowest BCUT2D eigenvalue weighted by Gasteiger charge is -2.36. The molecule has 0 aliphatic heterocycles. The van der Waals surface area contributed by atoms with Gasteiger partial charge in [-0.2, -0.15) is 0 Å². The molecule has 1 aliphatic carbocycles. The summed E-state index contributed by atoms with van der Waals surface area (Å²) in [7, 11) is 0. The fourth-order valence-corrected chi connectivity index (χ4v) is 3.09. The van der Waals surface area contributed by atoms with Crippen molar-refractivity contribution in [2.75, 3.05) is 0 Å². The Kier molecular flexibility index (Phi) is 7.84. The Morgan fingerprint density at radius 2 is 1.04 bits per heavy atom. The highest BCUT2D eigenvalue weighted by Crippen LogP contribution is 2.48. The van der Waals surface area contributed by atoms with Crippen LogP contribution in [0.3, 0.4) is 0 Å². The Morgan fingerprint density at radius 1 is 0.536 bits per heavy atom. The molecule has 0 N–H and O–H groups in total. The van der Waals surface area contributed by atoms with Gasteiger partial charge in [0, 0.05) is 49.3 Å². The second-order valence-electron chi connectivity index (χ2n) is 6.38. The largest absolute Gasteiger partial charge is 0.262 e. The molecule has 4 heteroatoms. The minimum absolute atomic E-state index is 0.566. The van der Waals surface area contributed by atoms with Crippen molar-refractivity contribution in [2.45, 2.75) is 24.7 Å². The van der Waals surface area contributed by atoms with Gasteiger partial charge in [-0.3, -0.25) is 19.9 Å². The molecule has 1 aliphatic rings. The molecule has 1 saturated carbocycles. The summed E-state index contributed by atoms with van der Waals surface area (Å²) in [6, 6.07) is 22.7. The fraction of sp³-hybridized carbons (Fsp3) is 0.167. The SMILES string of the molecule is c1ccc(C2CCC2c2cnccn2)cc1.c1ccccc1.c1cnccn1. The second-order valence-corrected chi connectivity index (χ2v) is 6.38. The Morgan fingerprint density at radius 3 is 1.46 bits per heavy atom. The Hall–Kier alpha value is -3.40. The van der Waals surface area contributed by atoms with Crippen LogP contribution in [0.1, 0.15) is 35.9 Å². The maximum absolute atomic E-state index is 4.41. The van der Waals surface area contributed by atoms with Crippen LogP contribution in [0, 0.1) is 0 Å². The summed E-state index contributed by atoms with van der Waals surface area (Å²) < 4.78 is 0. The third-order valence-electron chi connectivity index (χ3n) is 4.61. The van der Waals surface area contributed by atoms with Crippen molar-refractivity contribution in [1.82, 2.24) is 19.9 Å². The van der Waals surface area contributed by atoms with Gasteiger partial charge in [-0.15, -0.1) is 0 Å². The standard InChI is InChI=1S/C14H14N2.C6H6.C4H4N2/c1-2-4-11(5-3-1)12-6-7-13(12)14-10-15-8-9-16-14;1-2-4-6-5-3-1;1-2-6-4-3-5-1/h1-5,8-10,12-13H,6-7H2;1-6H;1-4H. The maximum atomic E-state index is 4.41. The molecule has 4 nitrogen and oxygen atoms in total. The predicted molar refractivity (Wildman–Crippen MR) is 112 cm³/mol. The van der Waals surface area contributed by atoms with Crippen LogP contribution >= 0.6 is 0 Å². The summed E-state index contributed by atoms with van der Waals surface area (Å²) in [5, 5.41) is 0.